The van der Waals surface area contributed by atoms with E-state index in [0.29, 0.717) is 0 Å². The van der Waals surface area contributed by atoms with Crippen LogP contribution in [0.4, 0.5) is 68.2 Å². The number of para-hydroxylation sites is 8. The zero-order valence-corrected chi connectivity index (χ0v) is 41.0. The van der Waals surface area contributed by atoms with Gasteiger partial charge in [0.2, 0.25) is 0 Å². The Morgan fingerprint density at radius 3 is 0.597 bits per heavy atom. The van der Waals surface area contributed by atoms with Crippen LogP contribution in [0.1, 0.15) is 22.3 Å². The minimum absolute atomic E-state index is 1.08. The smallest absolute Gasteiger partial charge is 0.0561 e. The molecule has 0 radical (unpaired) electrons. The minimum Gasteiger partial charge on any atom is -0.310 e. The van der Waals surface area contributed by atoms with Gasteiger partial charge >= 0.3 is 0 Å². The van der Waals surface area contributed by atoms with Crippen LogP contribution in [0.3, 0.4) is 0 Å². The lowest BCUT2D eigenvalue weighted by Crippen LogP contribution is -2.17. The summed E-state index contributed by atoms with van der Waals surface area (Å²) in [4.78, 5) is 9.89. The number of benzene rings is 12. The molecule has 0 spiro atoms. The molecule has 0 bridgehead atoms. The van der Waals surface area contributed by atoms with Crippen LogP contribution in [0.5, 0.6) is 0 Å². The minimum atomic E-state index is 1.08. The van der Waals surface area contributed by atoms with Crippen LogP contribution in [0.2, 0.25) is 0 Å². The van der Waals surface area contributed by atoms with Crippen molar-refractivity contribution in [3.05, 3.63) is 277 Å². The normalized spacial score (nSPS) is 11.3. The summed E-state index contributed by atoms with van der Waals surface area (Å²) in [6.07, 6.45) is 0. The topological polar surface area (TPSA) is 13.0 Å². The van der Waals surface area contributed by atoms with Gasteiger partial charge in [-0.1, -0.05) is 170 Å². The van der Waals surface area contributed by atoms with Crippen molar-refractivity contribution in [3.63, 3.8) is 0 Å². The van der Waals surface area contributed by atoms with Crippen LogP contribution in [-0.2, 0) is 0 Å². The number of rotatable bonds is 12. The van der Waals surface area contributed by atoms with E-state index in [9.17, 15) is 0 Å². The summed E-state index contributed by atoms with van der Waals surface area (Å²) >= 11 is 0. The molecule has 0 unspecified atom stereocenters. The van der Waals surface area contributed by atoms with Crippen molar-refractivity contribution in [3.8, 4) is 0 Å². The molecule has 0 saturated heterocycles. The van der Waals surface area contributed by atoms with E-state index in [1.54, 1.807) is 0 Å². The Balaban J connectivity index is 1.31. The Kier molecular flexibility index (Phi) is 11.4. The highest BCUT2D eigenvalue weighted by molar-refractivity contribution is 6.33. The largest absolute Gasteiger partial charge is 0.310 e. The van der Waals surface area contributed by atoms with Gasteiger partial charge in [-0.25, -0.2) is 0 Å². The van der Waals surface area contributed by atoms with Crippen LogP contribution in [-0.4, -0.2) is 0 Å². The molecule has 346 valence electrons. The molecule has 72 heavy (non-hydrogen) atoms. The lowest BCUT2D eigenvalue weighted by Gasteiger charge is -2.35. The van der Waals surface area contributed by atoms with Gasteiger partial charge in [-0.2, -0.15) is 0 Å². The Bertz CT molecular complexity index is 3370. The number of nitrogens with zero attached hydrogens (tertiary/aromatic N) is 4. The highest BCUT2D eigenvalue weighted by Crippen LogP contribution is 2.55. The van der Waals surface area contributed by atoms with Crippen LogP contribution < -0.4 is 19.6 Å². The zero-order valence-electron chi connectivity index (χ0n) is 41.0. The van der Waals surface area contributed by atoms with E-state index in [1.165, 1.54) is 33.0 Å². The summed E-state index contributed by atoms with van der Waals surface area (Å²) in [7, 11) is 0. The molecule has 0 heterocycles. The third-order valence-electron chi connectivity index (χ3n) is 14.3. The molecule has 12 aromatic rings. The molecule has 0 amide bonds. The van der Waals surface area contributed by atoms with Gasteiger partial charge in [-0.05, 0) is 135 Å². The average Bonchev–Trinajstić information content (AvgIpc) is 3.42. The van der Waals surface area contributed by atoms with E-state index >= 15 is 0 Å². The molecular weight excluding hydrogens is 873 g/mol. The summed E-state index contributed by atoms with van der Waals surface area (Å²) < 4.78 is 0. The maximum atomic E-state index is 2.47. The quantitative estimate of drug-likeness (QED) is 0.113. The van der Waals surface area contributed by atoms with Gasteiger partial charge < -0.3 is 19.6 Å². The molecule has 0 aliphatic rings. The van der Waals surface area contributed by atoms with Gasteiger partial charge in [0.15, 0.2) is 0 Å². The Labute approximate surface area is 422 Å². The molecule has 12 aromatic carbocycles. The van der Waals surface area contributed by atoms with Gasteiger partial charge in [0.05, 0.1) is 22.7 Å². The fourth-order valence-corrected chi connectivity index (χ4v) is 10.9. The van der Waals surface area contributed by atoms with Crippen molar-refractivity contribution in [2.45, 2.75) is 27.7 Å². The standard InChI is InChI=1S/C68H54N4/c1-47-25-17-21-37-59(47)69(51-29-9-5-10-30-51)63-45-64(70(52-31-11-6-12-32-52)60-38-22-18-26-48(60)2)56-43-44-58-66(72(54-35-15-8-16-36-54)62-40-24-20-28-50(62)4)46-65(57-42-41-55(63)67(56)68(57)58)71(53-33-13-7-14-34-53)61-39-23-19-27-49(61)3/h5-46H,1-4H3. The van der Waals surface area contributed by atoms with E-state index in [1.807, 2.05) is 0 Å². The van der Waals surface area contributed by atoms with Crippen LogP contribution in [0.15, 0.2) is 255 Å². The fraction of sp³-hybridized carbons (Fsp3) is 0.0588. The van der Waals surface area contributed by atoms with E-state index in [4.69, 9.17) is 0 Å². The molecule has 0 N–H and O–H groups in total. The lowest BCUT2D eigenvalue weighted by molar-refractivity contribution is 1.23. The number of hydrogen-bond acceptors (Lipinski definition) is 4. The molecule has 0 saturated carbocycles. The van der Waals surface area contributed by atoms with Crippen molar-refractivity contribution in [2.24, 2.45) is 0 Å². The second kappa shape index (κ2) is 18.7. The monoisotopic (exact) mass is 926 g/mol. The van der Waals surface area contributed by atoms with Gasteiger partial charge in [0, 0.05) is 77.8 Å². The van der Waals surface area contributed by atoms with Gasteiger partial charge in [-0.3, -0.25) is 0 Å². The van der Waals surface area contributed by atoms with Gasteiger partial charge in [0.1, 0.15) is 0 Å². The maximum Gasteiger partial charge on any atom is 0.0561 e. The molecular formula is C68H54N4. The Hall–Kier alpha value is -9.12. The Morgan fingerprint density at radius 2 is 0.389 bits per heavy atom. The summed E-state index contributed by atoms with van der Waals surface area (Å²) in [6, 6.07) is 93.0. The number of anilines is 12. The van der Waals surface area contributed by atoms with Crippen molar-refractivity contribution in [1.29, 1.82) is 0 Å². The third kappa shape index (κ3) is 7.65. The van der Waals surface area contributed by atoms with Gasteiger partial charge in [0.25, 0.3) is 0 Å². The molecule has 4 heteroatoms. The first-order valence-electron chi connectivity index (χ1n) is 24.9. The van der Waals surface area contributed by atoms with Crippen molar-refractivity contribution < 1.29 is 0 Å². The van der Waals surface area contributed by atoms with Crippen molar-refractivity contribution in [2.75, 3.05) is 19.6 Å². The van der Waals surface area contributed by atoms with Crippen molar-refractivity contribution >= 4 is 101 Å². The first-order valence-corrected chi connectivity index (χ1v) is 24.9. The van der Waals surface area contributed by atoms with Gasteiger partial charge in [-0.15, -0.1) is 0 Å². The summed E-state index contributed by atoms with van der Waals surface area (Å²) in [6.45, 7) is 8.88. The second-order valence-corrected chi connectivity index (χ2v) is 18.7. The first kappa shape index (κ1) is 44.1. The molecule has 4 nitrogen and oxygen atoms in total. The molecule has 0 fully saturated rings. The molecule has 12 rings (SSSR count). The summed E-state index contributed by atoms with van der Waals surface area (Å²) in [5, 5.41) is 7.02. The van der Waals surface area contributed by atoms with Crippen LogP contribution in [0.25, 0.3) is 32.3 Å². The predicted molar refractivity (Wildman–Crippen MR) is 308 cm³/mol. The maximum absolute atomic E-state index is 2.47. The molecule has 0 aliphatic heterocycles. The SMILES string of the molecule is Cc1ccccc1N(c1ccccc1)c1cc(N(c2ccccc2)c2ccccc2C)c2ccc3c(N(c4ccccc4)c4ccccc4C)cc(N(c4ccccc4)c4ccccc4C)c4ccc1c2c43. The van der Waals surface area contributed by atoms with Crippen LogP contribution in [0, 0.1) is 27.7 Å². The molecule has 0 aromatic heterocycles. The third-order valence-corrected chi connectivity index (χ3v) is 14.3. The Morgan fingerprint density at radius 1 is 0.194 bits per heavy atom. The van der Waals surface area contributed by atoms with Crippen molar-refractivity contribution in [1.82, 2.24) is 0 Å². The second-order valence-electron chi connectivity index (χ2n) is 18.7. The molecule has 0 aliphatic carbocycles. The van der Waals surface area contributed by atoms with E-state index in [0.717, 1.165) is 89.8 Å². The highest BCUT2D eigenvalue weighted by Gasteiger charge is 2.30. The highest BCUT2D eigenvalue weighted by atomic mass is 15.2. The first-order chi connectivity index (χ1) is 35.4. The van der Waals surface area contributed by atoms with E-state index < -0.39 is 0 Å². The zero-order chi connectivity index (χ0) is 48.7. The number of aryl methyl sites for hydroxylation is 4. The van der Waals surface area contributed by atoms with Crippen LogP contribution >= 0.6 is 0 Å². The summed E-state index contributed by atoms with van der Waals surface area (Å²) in [5.74, 6) is 0. The lowest BCUT2D eigenvalue weighted by atomic mass is 9.88. The predicted octanol–water partition coefficient (Wildman–Crippen LogP) is 19.7. The summed E-state index contributed by atoms with van der Waals surface area (Å²) in [5.41, 5.74) is 17.9. The fourth-order valence-electron chi connectivity index (χ4n) is 10.9. The average molecular weight is 927 g/mol. The molecule has 0 atom stereocenters. The van der Waals surface area contributed by atoms with E-state index in [-0.39, 0.29) is 0 Å². The van der Waals surface area contributed by atoms with E-state index in [2.05, 4.69) is 302 Å². The number of hydrogen-bond donors (Lipinski definition) is 0.